The number of rotatable bonds is 2. The van der Waals surface area contributed by atoms with Crippen LogP contribution in [0.4, 0.5) is 13.2 Å². The zero-order chi connectivity index (χ0) is 21.9. The summed E-state index contributed by atoms with van der Waals surface area (Å²) in [7, 11) is 2.20. The van der Waals surface area contributed by atoms with Gasteiger partial charge in [-0.05, 0) is 43.4 Å². The maximum atomic E-state index is 12.7. The quantitative estimate of drug-likeness (QED) is 0.770. The Kier molecular flexibility index (Phi) is 6.52. The van der Waals surface area contributed by atoms with E-state index in [9.17, 15) is 18.0 Å². The van der Waals surface area contributed by atoms with Gasteiger partial charge in [-0.3, -0.25) is 4.79 Å². The maximum absolute atomic E-state index is 12.7. The predicted octanol–water partition coefficient (Wildman–Crippen LogP) is 3.87. The Morgan fingerprint density at radius 1 is 1.10 bits per heavy atom. The Balaban J connectivity index is 0.000000318. The molecule has 2 saturated heterocycles. The van der Waals surface area contributed by atoms with E-state index in [1.54, 1.807) is 11.3 Å². The minimum absolute atomic E-state index is 0.196. The molecule has 2 aliphatic rings. The average Bonchev–Trinajstić information content (AvgIpc) is 3.37. The molecule has 0 saturated carbocycles. The highest BCUT2D eigenvalue weighted by Gasteiger charge is 2.50. The van der Waals surface area contributed by atoms with Crippen LogP contribution in [0.15, 0.2) is 47.8 Å². The highest BCUT2D eigenvalue weighted by Crippen LogP contribution is 2.45. The first-order valence-electron chi connectivity index (χ1n) is 9.54. The fraction of sp³-hybridized carbons (Fsp3) is 0.429. The molecular weight excluding hydrogens is 417 g/mol. The summed E-state index contributed by atoms with van der Waals surface area (Å²) in [5, 5.41) is 9.10. The number of halogens is 3. The fourth-order valence-electron chi connectivity index (χ4n) is 4.35. The second-order valence-corrected chi connectivity index (χ2v) is 8.50. The Morgan fingerprint density at radius 3 is 2.30 bits per heavy atom. The van der Waals surface area contributed by atoms with E-state index in [-0.39, 0.29) is 11.3 Å². The number of aliphatic carboxylic acids is 1. The van der Waals surface area contributed by atoms with Gasteiger partial charge in [0.05, 0.1) is 4.88 Å². The van der Waals surface area contributed by atoms with Gasteiger partial charge in [-0.15, -0.1) is 11.3 Å². The number of likely N-dealkylation sites (N-methyl/N-ethyl adjacent to an activating group) is 1. The molecule has 5 nitrogen and oxygen atoms in total. The summed E-state index contributed by atoms with van der Waals surface area (Å²) in [4.78, 5) is 27.0. The molecular formula is C21H23F3N2O3S. The monoisotopic (exact) mass is 440 g/mol. The molecule has 1 aromatic carbocycles. The number of piperidine rings is 1. The average molecular weight is 440 g/mol. The molecule has 30 heavy (non-hydrogen) atoms. The molecule has 0 spiro atoms. The van der Waals surface area contributed by atoms with Crippen molar-refractivity contribution in [2.24, 2.45) is 0 Å². The number of benzene rings is 1. The van der Waals surface area contributed by atoms with Crippen LogP contribution >= 0.6 is 11.3 Å². The summed E-state index contributed by atoms with van der Waals surface area (Å²) in [6, 6.07) is 15.2. The van der Waals surface area contributed by atoms with Crippen LogP contribution in [0, 0.1) is 0 Å². The Morgan fingerprint density at radius 2 is 1.73 bits per heavy atom. The van der Waals surface area contributed by atoms with E-state index in [4.69, 9.17) is 9.90 Å². The number of fused-ring (bicyclic) bond motifs is 1. The maximum Gasteiger partial charge on any atom is 0.490 e. The standard InChI is InChI=1S/C19H22N2OS.C2HF3O2/c1-20-11-9-19(15-6-3-2-4-7-15)10-12-21(14-17(19)20)18(22)16-8-5-13-23-16;3-2(4,5)1(6)7/h2-8,13,17H,9-12,14H2,1H3;(H,6,7). The van der Waals surface area contributed by atoms with E-state index >= 15 is 0 Å². The van der Waals surface area contributed by atoms with Crippen LogP contribution < -0.4 is 0 Å². The lowest BCUT2D eigenvalue weighted by atomic mass is 9.69. The summed E-state index contributed by atoms with van der Waals surface area (Å²) in [5.41, 5.74) is 1.65. The van der Waals surface area contributed by atoms with Gasteiger partial charge in [0.25, 0.3) is 5.91 Å². The summed E-state index contributed by atoms with van der Waals surface area (Å²) >= 11 is 1.54. The molecule has 0 bridgehead atoms. The highest BCUT2D eigenvalue weighted by molar-refractivity contribution is 7.12. The van der Waals surface area contributed by atoms with Crippen molar-refractivity contribution in [2.75, 3.05) is 26.7 Å². The number of hydrogen-bond acceptors (Lipinski definition) is 4. The zero-order valence-electron chi connectivity index (χ0n) is 16.4. The fourth-order valence-corrected chi connectivity index (χ4v) is 5.04. The second-order valence-electron chi connectivity index (χ2n) is 7.55. The molecule has 2 aromatic rings. The summed E-state index contributed by atoms with van der Waals surface area (Å²) in [5.74, 6) is -2.56. The summed E-state index contributed by atoms with van der Waals surface area (Å²) < 4.78 is 31.7. The van der Waals surface area contributed by atoms with Crippen molar-refractivity contribution in [3.63, 3.8) is 0 Å². The third-order valence-corrected chi connectivity index (χ3v) is 6.77. The van der Waals surface area contributed by atoms with Crippen LogP contribution in [0.1, 0.15) is 28.1 Å². The van der Waals surface area contributed by atoms with Gasteiger partial charge in [-0.1, -0.05) is 36.4 Å². The molecule has 4 rings (SSSR count). The van der Waals surface area contributed by atoms with Crippen molar-refractivity contribution in [3.8, 4) is 0 Å². The molecule has 0 radical (unpaired) electrons. The summed E-state index contributed by atoms with van der Waals surface area (Å²) in [6.45, 7) is 2.80. The first kappa shape index (κ1) is 22.3. The predicted molar refractivity (Wildman–Crippen MR) is 108 cm³/mol. The van der Waals surface area contributed by atoms with Crippen molar-refractivity contribution in [3.05, 3.63) is 58.3 Å². The normalized spacial score (nSPS) is 24.0. The largest absolute Gasteiger partial charge is 0.490 e. The first-order chi connectivity index (χ1) is 14.1. The number of nitrogens with zero attached hydrogens (tertiary/aromatic N) is 2. The molecule has 1 amide bonds. The number of carboxylic acid groups (broad SMARTS) is 1. The van der Waals surface area contributed by atoms with Gasteiger partial charge in [0.15, 0.2) is 0 Å². The number of alkyl halides is 3. The van der Waals surface area contributed by atoms with Gasteiger partial charge in [-0.2, -0.15) is 13.2 Å². The van der Waals surface area contributed by atoms with E-state index in [1.165, 1.54) is 12.0 Å². The molecule has 3 heterocycles. The smallest absolute Gasteiger partial charge is 0.475 e. The summed E-state index contributed by atoms with van der Waals surface area (Å²) in [6.07, 6.45) is -2.83. The van der Waals surface area contributed by atoms with E-state index in [0.717, 1.165) is 30.9 Å². The van der Waals surface area contributed by atoms with E-state index in [2.05, 4.69) is 47.2 Å². The van der Waals surface area contributed by atoms with Crippen molar-refractivity contribution in [2.45, 2.75) is 30.5 Å². The molecule has 2 aliphatic heterocycles. The Labute approximate surface area is 176 Å². The highest BCUT2D eigenvalue weighted by atomic mass is 32.1. The lowest BCUT2D eigenvalue weighted by Gasteiger charge is -2.46. The topological polar surface area (TPSA) is 60.9 Å². The molecule has 1 aromatic heterocycles. The minimum atomic E-state index is -5.08. The minimum Gasteiger partial charge on any atom is -0.475 e. The molecule has 2 fully saturated rings. The van der Waals surface area contributed by atoms with Gasteiger partial charge in [0, 0.05) is 24.5 Å². The molecule has 2 atom stereocenters. The van der Waals surface area contributed by atoms with Crippen LogP contribution in [-0.4, -0.2) is 65.7 Å². The second kappa shape index (κ2) is 8.77. The van der Waals surface area contributed by atoms with Crippen LogP contribution in [0.25, 0.3) is 0 Å². The Hall–Kier alpha value is -2.39. The molecule has 1 N–H and O–H groups in total. The van der Waals surface area contributed by atoms with Crippen LogP contribution in [0.3, 0.4) is 0 Å². The van der Waals surface area contributed by atoms with Gasteiger partial charge in [0.1, 0.15) is 0 Å². The zero-order valence-corrected chi connectivity index (χ0v) is 17.2. The van der Waals surface area contributed by atoms with E-state index in [0.29, 0.717) is 6.04 Å². The van der Waals surface area contributed by atoms with Crippen LogP contribution in [0.5, 0.6) is 0 Å². The first-order valence-corrected chi connectivity index (χ1v) is 10.4. The SMILES string of the molecule is CN1CCC2(c3ccccc3)CCN(C(=O)c3cccs3)CC12.O=C(O)C(F)(F)F. The van der Waals surface area contributed by atoms with Gasteiger partial charge in [0.2, 0.25) is 0 Å². The molecule has 2 unspecified atom stereocenters. The van der Waals surface area contributed by atoms with E-state index < -0.39 is 12.1 Å². The third-order valence-electron chi connectivity index (χ3n) is 5.91. The number of carbonyl (C=O) groups excluding carboxylic acids is 1. The van der Waals surface area contributed by atoms with Crippen molar-refractivity contribution < 1.29 is 27.9 Å². The van der Waals surface area contributed by atoms with Crippen molar-refractivity contribution >= 4 is 23.2 Å². The number of carboxylic acids is 1. The van der Waals surface area contributed by atoms with Crippen LogP contribution in [0.2, 0.25) is 0 Å². The lowest BCUT2D eigenvalue weighted by molar-refractivity contribution is -0.192. The van der Waals surface area contributed by atoms with Crippen molar-refractivity contribution in [1.82, 2.24) is 9.80 Å². The lowest BCUT2D eigenvalue weighted by Crippen LogP contribution is -2.56. The number of carbonyl (C=O) groups is 2. The number of amides is 1. The number of hydrogen-bond donors (Lipinski definition) is 1. The van der Waals surface area contributed by atoms with Crippen molar-refractivity contribution in [1.29, 1.82) is 0 Å². The third kappa shape index (κ3) is 4.52. The number of thiophene rings is 1. The molecule has 9 heteroatoms. The molecule has 162 valence electrons. The molecule has 0 aliphatic carbocycles. The van der Waals surface area contributed by atoms with Crippen LogP contribution in [-0.2, 0) is 10.2 Å². The number of likely N-dealkylation sites (tertiary alicyclic amines) is 2. The van der Waals surface area contributed by atoms with Gasteiger partial charge < -0.3 is 14.9 Å². The van der Waals surface area contributed by atoms with E-state index in [1.807, 2.05) is 17.5 Å². The van der Waals surface area contributed by atoms with Gasteiger partial charge in [-0.25, -0.2) is 4.79 Å². The van der Waals surface area contributed by atoms with Gasteiger partial charge >= 0.3 is 12.1 Å². The Bertz CT molecular complexity index is 873.